The molecular formula is C65H71N2O14W-. The summed E-state index contributed by atoms with van der Waals surface area (Å²) in [6.45, 7) is 15.3. The first-order chi connectivity index (χ1) is 39.2. The molecule has 0 radical (unpaired) electrons. The van der Waals surface area contributed by atoms with Gasteiger partial charge in [0.15, 0.2) is 0 Å². The zero-order valence-corrected chi connectivity index (χ0v) is 49.8. The molecule has 0 spiro atoms. The zero-order chi connectivity index (χ0) is 56.2. The minimum atomic E-state index is -0.263. The van der Waals surface area contributed by atoms with E-state index in [0.717, 1.165) is 172 Å². The smallest absolute Gasteiger partial charge is 0.373 e. The molecular weight excluding hydrogens is 1220 g/mol. The van der Waals surface area contributed by atoms with E-state index < -0.39 is 0 Å². The van der Waals surface area contributed by atoms with Gasteiger partial charge < -0.3 is 44.7 Å². The van der Waals surface area contributed by atoms with Crippen molar-refractivity contribution in [1.82, 2.24) is 9.80 Å². The Kier molecular flexibility index (Phi) is 25.3. The molecule has 2 aliphatic heterocycles. The second-order valence-corrected chi connectivity index (χ2v) is 20.0. The van der Waals surface area contributed by atoms with Gasteiger partial charge in [0.2, 0.25) is 0 Å². The molecule has 1 unspecified atom stereocenters. The second-order valence-electron chi connectivity index (χ2n) is 20.0. The molecule has 1 saturated carbocycles. The van der Waals surface area contributed by atoms with E-state index >= 15 is 0 Å². The molecule has 17 heteroatoms. The first-order valence-electron chi connectivity index (χ1n) is 27.5. The van der Waals surface area contributed by atoms with E-state index in [4.69, 9.17) is 51.4 Å². The van der Waals surface area contributed by atoms with Crippen molar-refractivity contribution >= 4 is 89.1 Å². The van der Waals surface area contributed by atoms with Crippen molar-refractivity contribution in [3.63, 3.8) is 0 Å². The molecule has 6 aromatic carbocycles. The Balaban J connectivity index is 0.000000192. The normalized spacial score (nSPS) is 15.3. The number of hydrogen-bond donors (Lipinski definition) is 1. The largest absolute Gasteiger partial charge is 0.508 e. The summed E-state index contributed by atoms with van der Waals surface area (Å²) in [4.78, 5) is 61.5. The van der Waals surface area contributed by atoms with Crippen LogP contribution in [-0.4, -0.2) is 118 Å². The number of nitrogens with zero attached hydrogens (tertiary/aromatic N) is 2. The first-order valence-corrected chi connectivity index (χ1v) is 27.5. The minimum absolute atomic E-state index is 0. The first kappa shape index (κ1) is 63.9. The number of hydrogen-bond acceptors (Lipinski definition) is 16. The standard InChI is InChI=1S/C25H27NO5.C22H27NO3.C15H14O2.2CO2.CH3.W/c27-18-3-5-21(23(28)15-18)22-16-31-24-7-2-17-14-19(4-6-20(17)25(22)24)30-11-1-8-26-9-12-29-13-10-26;1-2-4-18-16-26-21-8-5-17-15-19(6-7-20(17)22(18)21)25-12-3-9-23-10-13-24-14-11-23;1-2-3-11-9-17-14-7-4-10-8-12(16)5-6-13(10)15(11)14;2*2-1-3;;/h2,4,6-7,14,16,21H,1,3,5,8-13,15H2;5-8,15-16H,2-4,9-14H2,1H3;4-9,16H,2-3H2,1H3;;;1H3;/q;;;;;-1;. The van der Waals surface area contributed by atoms with Crippen molar-refractivity contribution < 1.29 is 87.1 Å². The number of Topliss-reactive ketones (excluding diaryl/α,β-unsaturated/α-hetero) is 2. The fourth-order valence-corrected chi connectivity index (χ4v) is 10.9. The summed E-state index contributed by atoms with van der Waals surface area (Å²) in [7, 11) is 0. The van der Waals surface area contributed by atoms with Gasteiger partial charge in [-0.2, -0.15) is 19.2 Å². The molecule has 432 valence electrons. The Labute approximate surface area is 491 Å². The summed E-state index contributed by atoms with van der Waals surface area (Å²) in [6.07, 6.45) is 13.3. The van der Waals surface area contributed by atoms with Crippen molar-refractivity contribution in [3.05, 3.63) is 134 Å². The molecule has 5 heterocycles. The summed E-state index contributed by atoms with van der Waals surface area (Å²) in [5.41, 5.74) is 6.11. The van der Waals surface area contributed by atoms with Gasteiger partial charge in [-0.05, 0) is 148 Å². The number of rotatable bonds is 15. The Morgan fingerprint density at radius 3 is 1.46 bits per heavy atom. The van der Waals surface area contributed by atoms with Gasteiger partial charge in [0.1, 0.15) is 45.6 Å². The maximum atomic E-state index is 12.5. The number of carbonyl (C=O) groups excluding carboxylic acids is 6. The van der Waals surface area contributed by atoms with Crippen LogP contribution in [0.25, 0.3) is 65.2 Å². The van der Waals surface area contributed by atoms with E-state index in [1.807, 2.05) is 61.1 Å². The molecule has 1 aliphatic carbocycles. The minimum Gasteiger partial charge on any atom is -0.508 e. The van der Waals surface area contributed by atoms with Gasteiger partial charge in [-0.3, -0.25) is 19.4 Å². The molecule has 82 heavy (non-hydrogen) atoms. The van der Waals surface area contributed by atoms with Gasteiger partial charge in [-0.25, -0.2) is 0 Å². The van der Waals surface area contributed by atoms with E-state index in [1.54, 1.807) is 18.4 Å². The Bertz CT molecular complexity index is 3570. The predicted octanol–water partition coefficient (Wildman–Crippen LogP) is 12.3. The maximum Gasteiger partial charge on any atom is 0.373 e. The van der Waals surface area contributed by atoms with Crippen LogP contribution in [0.5, 0.6) is 17.2 Å². The molecule has 3 aliphatic rings. The number of fused-ring (bicyclic) bond motifs is 9. The van der Waals surface area contributed by atoms with Crippen LogP contribution in [0.1, 0.15) is 81.4 Å². The van der Waals surface area contributed by atoms with Crippen molar-refractivity contribution in [2.75, 3.05) is 78.9 Å². The number of ether oxygens (including phenoxy) is 4. The molecule has 0 amide bonds. The topological polar surface area (TPSA) is 205 Å². The van der Waals surface area contributed by atoms with Crippen LogP contribution in [0, 0.1) is 7.43 Å². The molecule has 2 saturated heterocycles. The van der Waals surface area contributed by atoms with Crippen LogP contribution in [-0.2, 0) is 72.1 Å². The number of carbonyl (C=O) groups is 2. The molecule has 0 bridgehead atoms. The van der Waals surface area contributed by atoms with Crippen molar-refractivity contribution in [2.45, 2.75) is 77.6 Å². The number of phenols is 1. The van der Waals surface area contributed by atoms with Crippen LogP contribution in [0.4, 0.5) is 0 Å². The summed E-state index contributed by atoms with van der Waals surface area (Å²) >= 11 is 0. The van der Waals surface area contributed by atoms with Gasteiger partial charge in [0.05, 0.1) is 64.9 Å². The second kappa shape index (κ2) is 32.4. The average Bonchev–Trinajstić information content (AvgIpc) is 4.31. The van der Waals surface area contributed by atoms with Crippen LogP contribution in [0.3, 0.4) is 0 Å². The third-order valence-corrected chi connectivity index (χ3v) is 14.6. The SMILES string of the molecule is CCCc1coc2ccc3cc(O)ccc3c12.CCCc1coc2ccc3cc(OCCCN4CCOCC4)ccc3c12.O=C1CCC(c2coc3ccc4cc(OCCCN5CCOCC5)ccc4c23)C(=O)C1.O=C=O.O=C=O.[CH3-].[W]. The van der Waals surface area contributed by atoms with Crippen LogP contribution in [0.15, 0.2) is 123 Å². The fourth-order valence-electron chi connectivity index (χ4n) is 10.9. The molecule has 9 aromatic rings. The number of furan rings is 3. The molecule has 16 nitrogen and oxygen atoms in total. The maximum absolute atomic E-state index is 12.5. The van der Waals surface area contributed by atoms with Crippen LogP contribution >= 0.6 is 0 Å². The van der Waals surface area contributed by atoms with Crippen LogP contribution < -0.4 is 9.47 Å². The Morgan fingerprint density at radius 2 is 1.00 bits per heavy atom. The van der Waals surface area contributed by atoms with Crippen LogP contribution in [0.2, 0.25) is 0 Å². The van der Waals surface area contributed by atoms with E-state index in [-0.39, 0.29) is 64.7 Å². The van der Waals surface area contributed by atoms with E-state index in [2.05, 4.69) is 54.0 Å². The van der Waals surface area contributed by atoms with Gasteiger partial charge in [-0.1, -0.05) is 44.9 Å². The van der Waals surface area contributed by atoms with Crippen molar-refractivity contribution in [2.24, 2.45) is 0 Å². The van der Waals surface area contributed by atoms with Crippen molar-refractivity contribution in [3.8, 4) is 17.2 Å². The quantitative estimate of drug-likeness (QED) is 0.0575. The molecule has 3 aromatic heterocycles. The third kappa shape index (κ3) is 16.5. The molecule has 3 fully saturated rings. The van der Waals surface area contributed by atoms with Gasteiger partial charge >= 0.3 is 12.3 Å². The number of morpholine rings is 2. The van der Waals surface area contributed by atoms with Crippen molar-refractivity contribution in [1.29, 1.82) is 0 Å². The monoisotopic (exact) mass is 1290 g/mol. The average molecular weight is 1290 g/mol. The van der Waals surface area contributed by atoms with Gasteiger partial charge in [0.25, 0.3) is 0 Å². The van der Waals surface area contributed by atoms with E-state index in [9.17, 15) is 14.7 Å². The zero-order valence-electron chi connectivity index (χ0n) is 46.9. The predicted molar refractivity (Wildman–Crippen MR) is 309 cm³/mol. The summed E-state index contributed by atoms with van der Waals surface area (Å²) < 4.78 is 39.8. The Morgan fingerprint density at radius 1 is 0.573 bits per heavy atom. The number of ketones is 2. The van der Waals surface area contributed by atoms with E-state index in [1.165, 1.54) is 32.7 Å². The van der Waals surface area contributed by atoms with E-state index in [0.29, 0.717) is 25.2 Å². The fraction of sp³-hybridized carbons (Fsp3) is 0.369. The van der Waals surface area contributed by atoms with Gasteiger partial charge in [0, 0.05) is 94.4 Å². The number of aryl methyl sites for hydroxylation is 2. The molecule has 1 atom stereocenters. The molecule has 12 rings (SSSR count). The number of phenolic OH excluding ortho intramolecular Hbond substituents is 1. The molecule has 1 N–H and O–H groups in total. The summed E-state index contributed by atoms with van der Waals surface area (Å²) in [5.74, 6) is 1.86. The number of aromatic hydroxyl groups is 1. The third-order valence-electron chi connectivity index (χ3n) is 14.6. The summed E-state index contributed by atoms with van der Waals surface area (Å²) in [5, 5.41) is 19.7. The Hall–Kier alpha value is -7.25. The van der Waals surface area contributed by atoms with Gasteiger partial charge in [-0.15, -0.1) is 0 Å². The number of benzene rings is 6. The summed E-state index contributed by atoms with van der Waals surface area (Å²) in [6, 6.07) is 30.1.